The summed E-state index contributed by atoms with van der Waals surface area (Å²) in [5.74, 6) is -10.4. The van der Waals surface area contributed by atoms with E-state index in [4.69, 9.17) is 0 Å². The lowest BCUT2D eigenvalue weighted by atomic mass is 9.91. The summed E-state index contributed by atoms with van der Waals surface area (Å²) < 4.78 is 0. The molecule has 24 heteroatoms. The highest BCUT2D eigenvalue weighted by Crippen LogP contribution is 2.25. The Labute approximate surface area is 507 Å². The number of hydrogen-bond acceptors (Lipinski definition) is 13. The van der Waals surface area contributed by atoms with Gasteiger partial charge in [0.1, 0.15) is 60.4 Å². The highest BCUT2D eigenvalue weighted by Gasteiger charge is 2.45. The number of aliphatic hydroxyl groups is 2. The molecule has 0 radical (unpaired) electrons. The molecule has 1 fully saturated rings. The lowest BCUT2D eigenvalue weighted by Gasteiger charge is -2.41. The van der Waals surface area contributed by atoms with Crippen molar-refractivity contribution >= 4 is 65.0 Å². The first-order chi connectivity index (χ1) is 39.1. The van der Waals surface area contributed by atoms with Crippen LogP contribution in [0.4, 0.5) is 0 Å². The Hall–Kier alpha value is -6.17. The molecule has 12 atom stereocenters. The van der Waals surface area contributed by atoms with Crippen LogP contribution in [-0.2, 0) is 52.7 Å². The van der Waals surface area contributed by atoms with E-state index in [0.29, 0.717) is 6.42 Å². The molecule has 85 heavy (non-hydrogen) atoms. The van der Waals surface area contributed by atoms with Gasteiger partial charge in [0.05, 0.1) is 18.2 Å². The molecule has 1 heterocycles. The Balaban J connectivity index is 4.30. The van der Waals surface area contributed by atoms with Crippen molar-refractivity contribution in [3.63, 3.8) is 0 Å². The summed E-state index contributed by atoms with van der Waals surface area (Å²) in [5, 5.41) is 36.6. The maximum atomic E-state index is 15.1. The number of nitrogens with zero attached hydrogens (tertiary/aromatic N) is 6. The molecule has 0 aromatic carbocycles. The van der Waals surface area contributed by atoms with Crippen LogP contribution in [0, 0.1) is 35.5 Å². The minimum Gasteiger partial charge on any atom is -0.390 e. The molecular formula is C61H109N11O13. The topological polar surface area (TPSA) is 308 Å². The van der Waals surface area contributed by atoms with Crippen molar-refractivity contribution in [1.29, 1.82) is 0 Å². The summed E-state index contributed by atoms with van der Waals surface area (Å²) in [7, 11) is 8.26. The highest BCUT2D eigenvalue weighted by molar-refractivity contribution is 5.99. The number of amides is 11. The van der Waals surface area contributed by atoms with Gasteiger partial charge in [0.25, 0.3) is 0 Å². The summed E-state index contributed by atoms with van der Waals surface area (Å²) in [6.07, 6.45) is 2.35. The van der Waals surface area contributed by atoms with Crippen LogP contribution >= 0.6 is 0 Å². The molecule has 1 aliphatic rings. The molecule has 0 unspecified atom stereocenters. The Bertz CT molecular complexity index is 2340. The van der Waals surface area contributed by atoms with E-state index in [1.54, 1.807) is 60.6 Å². The van der Waals surface area contributed by atoms with Crippen molar-refractivity contribution in [2.24, 2.45) is 35.5 Å². The zero-order chi connectivity index (χ0) is 66.0. The SMILES string of the molecule is C/C=C/C[C@@H](C)[C@@H](O)[C@H]1C(=O)N[C@@H](CC)C(=O)N(C)CC(=O)N(C)[C@@H](CC(C)C)C(=O)N[C@@H](C(C)C)C(=O)N(C)[C@@H](CC(C)C)C(=O)N[C@@H](C)C(=O)N[C@H](C)C(=O)N[C@@H](CC(C)(C)O)C(=O)N(C)[C@@H](CC(C)C)C(=O)N(C)[C@@H](C(C)C)C(=O)N1C. The third-order valence-electron chi connectivity index (χ3n) is 15.6. The first-order valence-corrected chi connectivity index (χ1v) is 30.2. The van der Waals surface area contributed by atoms with Gasteiger partial charge in [0.15, 0.2) is 0 Å². The third kappa shape index (κ3) is 22.6. The molecule has 0 saturated carbocycles. The summed E-state index contributed by atoms with van der Waals surface area (Å²) >= 11 is 0. The van der Waals surface area contributed by atoms with Crippen molar-refractivity contribution < 1.29 is 63.0 Å². The molecule has 11 amide bonds. The fraction of sp³-hybridized carbons (Fsp3) is 0.787. The van der Waals surface area contributed by atoms with E-state index in [1.165, 1.54) is 84.7 Å². The molecule has 0 aromatic heterocycles. The molecule has 0 bridgehead atoms. The van der Waals surface area contributed by atoms with Crippen LogP contribution in [0.15, 0.2) is 12.2 Å². The molecule has 1 rings (SSSR count). The smallest absolute Gasteiger partial charge is 0.246 e. The number of allylic oxidation sites excluding steroid dienone is 2. The van der Waals surface area contributed by atoms with Gasteiger partial charge in [-0.25, -0.2) is 0 Å². The van der Waals surface area contributed by atoms with E-state index in [9.17, 15) is 53.4 Å². The van der Waals surface area contributed by atoms with Gasteiger partial charge in [-0.15, -0.1) is 0 Å². The average molecular weight is 1200 g/mol. The maximum absolute atomic E-state index is 15.1. The second kappa shape index (κ2) is 34.2. The quantitative estimate of drug-likeness (QED) is 0.116. The zero-order valence-corrected chi connectivity index (χ0v) is 55.5. The number of rotatable bonds is 15. The van der Waals surface area contributed by atoms with Crippen LogP contribution in [0.2, 0.25) is 0 Å². The lowest BCUT2D eigenvalue weighted by Crippen LogP contribution is -2.63. The normalized spacial score (nSPS) is 26.9. The lowest BCUT2D eigenvalue weighted by molar-refractivity contribution is -0.156. The number of hydrogen-bond donors (Lipinski definition) is 7. The van der Waals surface area contributed by atoms with E-state index >= 15 is 9.59 Å². The number of likely N-dealkylation sites (N-methyl/N-ethyl adjacent to an activating group) is 6. The Morgan fingerprint density at radius 2 is 0.953 bits per heavy atom. The van der Waals surface area contributed by atoms with Crippen molar-refractivity contribution in [3.05, 3.63) is 12.2 Å². The van der Waals surface area contributed by atoms with E-state index in [-0.39, 0.29) is 49.9 Å². The summed E-state index contributed by atoms with van der Waals surface area (Å²) in [5.41, 5.74) is -1.56. The van der Waals surface area contributed by atoms with Gasteiger partial charge < -0.3 is 66.2 Å². The van der Waals surface area contributed by atoms with E-state index in [2.05, 4.69) is 26.6 Å². The molecule has 24 nitrogen and oxygen atoms in total. The van der Waals surface area contributed by atoms with Gasteiger partial charge in [-0.1, -0.05) is 95.2 Å². The van der Waals surface area contributed by atoms with Gasteiger partial charge in [0, 0.05) is 48.7 Å². The molecule has 0 aromatic rings. The van der Waals surface area contributed by atoms with Gasteiger partial charge in [-0.05, 0) is 102 Å². The fourth-order valence-corrected chi connectivity index (χ4v) is 10.4. The first-order valence-electron chi connectivity index (χ1n) is 30.2. The van der Waals surface area contributed by atoms with Gasteiger partial charge in [-0.2, -0.15) is 0 Å². The summed E-state index contributed by atoms with van der Waals surface area (Å²) in [6, 6.07) is -13.1. The number of nitrogens with one attached hydrogen (secondary N) is 5. The third-order valence-corrected chi connectivity index (χ3v) is 15.6. The number of carbonyl (C=O) groups is 11. The maximum Gasteiger partial charge on any atom is 0.246 e. The highest BCUT2D eigenvalue weighted by atomic mass is 16.3. The molecule has 0 aliphatic carbocycles. The van der Waals surface area contributed by atoms with E-state index < -0.39 is 161 Å². The van der Waals surface area contributed by atoms with Crippen LogP contribution in [0.5, 0.6) is 0 Å². The van der Waals surface area contributed by atoms with Crippen molar-refractivity contribution in [2.75, 3.05) is 48.8 Å². The second-order valence-corrected chi connectivity index (χ2v) is 26.1. The Morgan fingerprint density at radius 3 is 1.41 bits per heavy atom. The molecule has 1 saturated heterocycles. The van der Waals surface area contributed by atoms with Gasteiger partial charge in [-0.3, -0.25) is 52.7 Å². The Kier molecular flexibility index (Phi) is 31.0. The fourth-order valence-electron chi connectivity index (χ4n) is 10.4. The molecule has 7 N–H and O–H groups in total. The Morgan fingerprint density at radius 1 is 0.518 bits per heavy atom. The summed E-state index contributed by atoms with van der Waals surface area (Å²) in [6.45, 7) is 28.0. The van der Waals surface area contributed by atoms with Gasteiger partial charge in [0.2, 0.25) is 65.0 Å². The van der Waals surface area contributed by atoms with Crippen molar-refractivity contribution in [3.8, 4) is 0 Å². The number of carbonyl (C=O) groups excluding carboxylic acids is 11. The first kappa shape index (κ1) is 76.8. The van der Waals surface area contributed by atoms with Crippen LogP contribution in [0.3, 0.4) is 0 Å². The van der Waals surface area contributed by atoms with Crippen LogP contribution < -0.4 is 26.6 Å². The molecule has 486 valence electrons. The molecule has 0 spiro atoms. The predicted molar refractivity (Wildman–Crippen MR) is 325 cm³/mol. The van der Waals surface area contributed by atoms with Crippen LogP contribution in [0.1, 0.15) is 156 Å². The zero-order valence-electron chi connectivity index (χ0n) is 55.5. The van der Waals surface area contributed by atoms with Crippen LogP contribution in [-0.4, -0.2) is 226 Å². The van der Waals surface area contributed by atoms with E-state index in [0.717, 1.165) is 14.7 Å². The standard InChI is InChI=1S/C61H109N11O13/c1-24-26-27-38(13)50(74)49-55(79)64-41(25-2)56(80)67(18)32-46(73)68(19)43(28-33(3)4)54(78)66-47(36(9)10)59(83)69(20)44(29-34(5)6)53(77)63-39(14)51(75)62-40(15)52(76)65-42(31-61(16,17)85)57(81)70(21)45(30-35(7)8)58(82)71(22)48(37(11)12)60(84)72(49)23/h24,26,33-45,47-50,74,85H,25,27-32H2,1-23H3,(H,62,75)(H,63,77)(H,64,79)(H,65,76)(H,66,78)/b26-24+/t38-,39+,40-,41+,42+,43+,44+,45+,47+,48+,49+,50-/m1/s1. The minimum atomic E-state index is -1.64. The van der Waals surface area contributed by atoms with Crippen molar-refractivity contribution in [1.82, 2.24) is 56.0 Å². The summed E-state index contributed by atoms with van der Waals surface area (Å²) in [4.78, 5) is 166. The van der Waals surface area contributed by atoms with Crippen LogP contribution in [0.25, 0.3) is 0 Å². The number of aliphatic hydroxyl groups excluding tert-OH is 1. The molecule has 1 aliphatic heterocycles. The average Bonchev–Trinajstić information content (AvgIpc) is 3.17. The van der Waals surface area contributed by atoms with Crippen molar-refractivity contribution in [2.45, 2.75) is 228 Å². The minimum absolute atomic E-state index is 0.00736. The molecular weight excluding hydrogens is 1090 g/mol. The van der Waals surface area contributed by atoms with Gasteiger partial charge >= 0.3 is 0 Å². The second-order valence-electron chi connectivity index (χ2n) is 26.1. The van der Waals surface area contributed by atoms with E-state index in [1.807, 2.05) is 41.5 Å². The largest absolute Gasteiger partial charge is 0.390 e. The monoisotopic (exact) mass is 1200 g/mol. The predicted octanol–water partition coefficient (Wildman–Crippen LogP) is 2.04.